The van der Waals surface area contributed by atoms with Crippen molar-refractivity contribution in [1.29, 1.82) is 0 Å². The molecule has 0 aromatic carbocycles. The Morgan fingerprint density at radius 3 is 3.05 bits per heavy atom. The van der Waals surface area contributed by atoms with Gasteiger partial charge in [0.15, 0.2) is 17.7 Å². The van der Waals surface area contributed by atoms with Crippen molar-refractivity contribution in [3.63, 3.8) is 0 Å². The Balaban J connectivity index is 1.71. The zero-order chi connectivity index (χ0) is 15.5. The standard InChI is InChI=1S/C10H12N5O5PS/c11-8-5-9(13-2-12-8)15(3-14-5)10-6(16)7-4(19-10)1-18-21(17,22)20-7/h2-4,6-7,10,16H,1H2,(H,17,22)(H2,11,12,13)/t4-,6?,7+,10?,21?/m0/s1. The number of nitrogen functional groups attached to an aromatic ring is 1. The maximum atomic E-state index is 10.4. The Hall–Kier alpha value is -1.20. The Bertz CT molecular complexity index is 786. The van der Waals surface area contributed by atoms with Crippen LogP contribution in [-0.4, -0.2) is 54.4 Å². The summed E-state index contributed by atoms with van der Waals surface area (Å²) in [5, 5.41) is 10.4. The lowest BCUT2D eigenvalue weighted by molar-refractivity contribution is -0.0593. The van der Waals surface area contributed by atoms with Crippen LogP contribution in [0.1, 0.15) is 6.23 Å². The third-order valence-electron chi connectivity index (χ3n) is 3.63. The maximum absolute atomic E-state index is 10.4. The number of hydrogen-bond acceptors (Lipinski definition) is 9. The largest absolute Gasteiger partial charge is 0.386 e. The second-order valence-corrected chi connectivity index (χ2v) is 7.76. The molecule has 3 unspecified atom stereocenters. The summed E-state index contributed by atoms with van der Waals surface area (Å²) < 4.78 is 17.6. The van der Waals surface area contributed by atoms with Gasteiger partial charge in [-0.05, 0) is 11.8 Å². The number of imidazole rings is 1. The number of nitrogens with zero attached hydrogens (tertiary/aromatic N) is 4. The van der Waals surface area contributed by atoms with Gasteiger partial charge in [-0.3, -0.25) is 9.09 Å². The molecule has 118 valence electrons. The molecule has 0 spiro atoms. The minimum absolute atomic E-state index is 0.0513. The molecule has 4 heterocycles. The predicted molar refractivity (Wildman–Crippen MR) is 77.0 cm³/mol. The lowest BCUT2D eigenvalue weighted by atomic mass is 10.1. The van der Waals surface area contributed by atoms with Gasteiger partial charge in [0.1, 0.15) is 30.2 Å². The van der Waals surface area contributed by atoms with Gasteiger partial charge in [-0.15, -0.1) is 0 Å². The predicted octanol–water partition coefficient (Wildman–Crippen LogP) is -0.701. The van der Waals surface area contributed by atoms with Crippen LogP contribution in [0.5, 0.6) is 0 Å². The maximum Gasteiger partial charge on any atom is 0.325 e. The molecule has 2 saturated heterocycles. The van der Waals surface area contributed by atoms with Gasteiger partial charge in [-0.25, -0.2) is 15.0 Å². The van der Waals surface area contributed by atoms with E-state index in [2.05, 4.69) is 15.0 Å². The van der Waals surface area contributed by atoms with Gasteiger partial charge in [-0.2, -0.15) is 0 Å². The Morgan fingerprint density at radius 2 is 2.23 bits per heavy atom. The smallest absolute Gasteiger partial charge is 0.325 e. The van der Waals surface area contributed by atoms with Crippen molar-refractivity contribution in [2.75, 3.05) is 12.3 Å². The van der Waals surface area contributed by atoms with Gasteiger partial charge in [0.2, 0.25) is 0 Å². The molecule has 0 aliphatic carbocycles. The summed E-state index contributed by atoms with van der Waals surface area (Å²) in [6, 6.07) is 0. The molecular weight excluding hydrogens is 333 g/mol. The van der Waals surface area contributed by atoms with E-state index in [-0.39, 0.29) is 12.4 Å². The third-order valence-corrected chi connectivity index (χ3v) is 5.19. The van der Waals surface area contributed by atoms with E-state index >= 15 is 0 Å². The van der Waals surface area contributed by atoms with Crippen LogP contribution in [0.3, 0.4) is 0 Å². The fourth-order valence-corrected chi connectivity index (χ4v) is 4.07. The van der Waals surface area contributed by atoms with Crippen LogP contribution < -0.4 is 5.73 Å². The molecule has 4 N–H and O–H groups in total. The molecule has 0 radical (unpaired) electrons. The average molecular weight is 345 g/mol. The first kappa shape index (κ1) is 14.4. The fourth-order valence-electron chi connectivity index (χ4n) is 2.62. The normalized spacial score (nSPS) is 38.3. The lowest BCUT2D eigenvalue weighted by Gasteiger charge is -2.30. The van der Waals surface area contributed by atoms with E-state index in [9.17, 15) is 10.00 Å². The number of nitrogens with two attached hydrogens (primary N) is 1. The van der Waals surface area contributed by atoms with Crippen molar-refractivity contribution in [1.82, 2.24) is 19.5 Å². The molecule has 10 nitrogen and oxygen atoms in total. The quantitative estimate of drug-likeness (QED) is 0.569. The summed E-state index contributed by atoms with van der Waals surface area (Å²) in [5.41, 5.74) is 6.58. The van der Waals surface area contributed by atoms with E-state index in [4.69, 9.17) is 31.3 Å². The minimum Gasteiger partial charge on any atom is -0.386 e. The van der Waals surface area contributed by atoms with E-state index in [1.54, 1.807) is 4.57 Å². The summed E-state index contributed by atoms with van der Waals surface area (Å²) in [6.45, 7) is -3.28. The van der Waals surface area contributed by atoms with Crippen molar-refractivity contribution < 1.29 is 23.8 Å². The summed E-state index contributed by atoms with van der Waals surface area (Å²) in [4.78, 5) is 21.8. The molecular formula is C10H12N5O5PS. The van der Waals surface area contributed by atoms with Gasteiger partial charge in [0.25, 0.3) is 0 Å². The van der Waals surface area contributed by atoms with Crippen LogP contribution in [0.2, 0.25) is 0 Å². The van der Waals surface area contributed by atoms with Gasteiger partial charge in [-0.1, -0.05) is 0 Å². The van der Waals surface area contributed by atoms with Crippen LogP contribution in [-0.2, 0) is 25.6 Å². The van der Waals surface area contributed by atoms with E-state index < -0.39 is 31.3 Å². The molecule has 2 aromatic heterocycles. The molecule has 22 heavy (non-hydrogen) atoms. The number of aliphatic hydroxyl groups excluding tert-OH is 1. The van der Waals surface area contributed by atoms with Gasteiger partial charge < -0.3 is 25.0 Å². The number of rotatable bonds is 1. The van der Waals surface area contributed by atoms with Gasteiger partial charge in [0, 0.05) is 0 Å². The first-order chi connectivity index (χ1) is 10.5. The van der Waals surface area contributed by atoms with Crippen molar-refractivity contribution in [3.8, 4) is 0 Å². The second-order valence-electron chi connectivity index (χ2n) is 4.97. The summed E-state index contributed by atoms with van der Waals surface area (Å²) in [5.74, 6) is 0.235. The van der Waals surface area contributed by atoms with Crippen molar-refractivity contribution in [2.45, 2.75) is 24.5 Å². The molecule has 0 bridgehead atoms. The highest BCUT2D eigenvalue weighted by atomic mass is 32.5. The summed E-state index contributed by atoms with van der Waals surface area (Å²) in [7, 11) is 0. The lowest BCUT2D eigenvalue weighted by Crippen LogP contribution is -2.39. The number of aliphatic hydroxyl groups is 1. The number of aromatic nitrogens is 4. The Morgan fingerprint density at radius 1 is 1.41 bits per heavy atom. The molecule has 5 atom stereocenters. The van der Waals surface area contributed by atoms with Crippen LogP contribution in [0.4, 0.5) is 5.82 Å². The molecule has 12 heteroatoms. The second kappa shape index (κ2) is 4.90. The zero-order valence-corrected chi connectivity index (χ0v) is 12.7. The molecule has 0 saturated carbocycles. The summed E-state index contributed by atoms with van der Waals surface area (Å²) >= 11 is 4.80. The highest BCUT2D eigenvalue weighted by Crippen LogP contribution is 2.52. The zero-order valence-electron chi connectivity index (χ0n) is 11.0. The van der Waals surface area contributed by atoms with E-state index in [0.29, 0.717) is 11.2 Å². The first-order valence-electron chi connectivity index (χ1n) is 6.38. The number of ether oxygens (including phenoxy) is 1. The van der Waals surface area contributed by atoms with Crippen molar-refractivity contribution in [3.05, 3.63) is 12.7 Å². The van der Waals surface area contributed by atoms with E-state index in [1.807, 2.05) is 0 Å². The highest BCUT2D eigenvalue weighted by molar-refractivity contribution is 8.07. The topological polar surface area (TPSA) is 138 Å². The third kappa shape index (κ3) is 2.14. The highest BCUT2D eigenvalue weighted by Gasteiger charge is 2.51. The molecule has 2 aromatic rings. The molecule has 2 fully saturated rings. The van der Waals surface area contributed by atoms with E-state index in [1.165, 1.54) is 12.7 Å². The Labute approximate surface area is 129 Å². The molecule has 2 aliphatic rings. The fraction of sp³-hybridized carbons (Fsp3) is 0.500. The molecule has 4 rings (SSSR count). The molecule has 2 aliphatic heterocycles. The van der Waals surface area contributed by atoms with Gasteiger partial charge >= 0.3 is 6.72 Å². The van der Waals surface area contributed by atoms with Crippen LogP contribution in [0, 0.1) is 0 Å². The van der Waals surface area contributed by atoms with Gasteiger partial charge in [0.05, 0.1) is 12.9 Å². The van der Waals surface area contributed by atoms with Crippen molar-refractivity contribution >= 4 is 35.5 Å². The van der Waals surface area contributed by atoms with Crippen LogP contribution in [0.25, 0.3) is 11.2 Å². The first-order valence-corrected chi connectivity index (χ1v) is 8.97. The number of hydrogen-bond donors (Lipinski definition) is 3. The van der Waals surface area contributed by atoms with Crippen LogP contribution >= 0.6 is 6.72 Å². The number of fused-ring (bicyclic) bond motifs is 2. The summed E-state index contributed by atoms with van der Waals surface area (Å²) in [6.07, 6.45) is -0.414. The average Bonchev–Trinajstić information content (AvgIpc) is 3.01. The van der Waals surface area contributed by atoms with Crippen molar-refractivity contribution in [2.24, 2.45) is 0 Å². The minimum atomic E-state index is -3.33. The SMILES string of the molecule is Nc1ncnc2c1ncn2C1O[C@H]2COP(O)(=S)O[C@H]2C1O. The van der Waals surface area contributed by atoms with E-state index in [0.717, 1.165) is 0 Å². The monoisotopic (exact) mass is 345 g/mol. The molecule has 0 amide bonds. The van der Waals surface area contributed by atoms with Crippen LogP contribution in [0.15, 0.2) is 12.7 Å². The Kier molecular flexibility index (Phi) is 3.20. The number of anilines is 1.